The monoisotopic (exact) mass is 353 g/mol. The molecule has 0 spiro atoms. The van der Waals surface area contributed by atoms with Crippen molar-refractivity contribution in [1.29, 1.82) is 0 Å². The average molecular weight is 353 g/mol. The van der Waals surface area contributed by atoms with Gasteiger partial charge in [-0.2, -0.15) is 13.2 Å². The summed E-state index contributed by atoms with van der Waals surface area (Å²) in [4.78, 5) is 8.73. The molecule has 1 aliphatic heterocycles. The number of benzene rings is 1. The van der Waals surface area contributed by atoms with Crippen molar-refractivity contribution in [3.63, 3.8) is 0 Å². The van der Waals surface area contributed by atoms with Gasteiger partial charge in [0.15, 0.2) is 0 Å². The van der Waals surface area contributed by atoms with Crippen molar-refractivity contribution in [3.05, 3.63) is 36.0 Å². The molecule has 0 saturated carbocycles. The number of nitrogens with zero attached hydrogens (tertiary/aromatic N) is 3. The molecule has 1 aromatic heterocycles. The van der Waals surface area contributed by atoms with Gasteiger partial charge < -0.3 is 9.64 Å². The maximum atomic E-state index is 12.9. The van der Waals surface area contributed by atoms with Gasteiger partial charge >= 0.3 is 6.18 Å². The molecule has 2 heterocycles. The molecule has 0 bridgehead atoms. The van der Waals surface area contributed by atoms with Crippen LogP contribution in [0.3, 0.4) is 0 Å². The second-order valence-corrected chi connectivity index (χ2v) is 6.38. The van der Waals surface area contributed by atoms with Crippen LogP contribution in [-0.4, -0.2) is 55.8 Å². The molecule has 25 heavy (non-hydrogen) atoms. The van der Waals surface area contributed by atoms with Crippen molar-refractivity contribution >= 4 is 16.6 Å². The Bertz CT molecular complexity index is 735. The number of rotatable bonds is 4. The van der Waals surface area contributed by atoms with Crippen LogP contribution in [0.1, 0.15) is 12.5 Å². The van der Waals surface area contributed by atoms with Crippen LogP contribution in [0.15, 0.2) is 30.5 Å². The minimum Gasteiger partial charge on any atom is -0.383 e. The lowest BCUT2D eigenvalue weighted by Gasteiger charge is -2.41. The van der Waals surface area contributed by atoms with Crippen LogP contribution < -0.4 is 4.90 Å². The molecule has 0 N–H and O–H groups in total. The average Bonchev–Trinajstić information content (AvgIpc) is 2.59. The largest absolute Gasteiger partial charge is 0.416 e. The number of methoxy groups -OCH3 is 1. The third-order valence-electron chi connectivity index (χ3n) is 4.74. The Balaban J connectivity index is 1.85. The Morgan fingerprint density at radius 1 is 1.24 bits per heavy atom. The molecule has 3 rings (SSSR count). The maximum Gasteiger partial charge on any atom is 0.416 e. The third-order valence-corrected chi connectivity index (χ3v) is 4.74. The molecule has 1 aromatic carbocycles. The fraction of sp³-hybridized carbons (Fsp3) is 0.500. The van der Waals surface area contributed by atoms with Crippen molar-refractivity contribution in [2.45, 2.75) is 19.1 Å². The summed E-state index contributed by atoms with van der Waals surface area (Å²) in [6.45, 7) is 6.29. The molecule has 1 atom stereocenters. The summed E-state index contributed by atoms with van der Waals surface area (Å²) in [5, 5.41) is 0.757. The molecule has 1 unspecified atom stereocenters. The van der Waals surface area contributed by atoms with Crippen molar-refractivity contribution in [1.82, 2.24) is 9.88 Å². The lowest BCUT2D eigenvalue weighted by Crippen LogP contribution is -2.52. The zero-order valence-corrected chi connectivity index (χ0v) is 14.4. The second-order valence-electron chi connectivity index (χ2n) is 6.38. The third kappa shape index (κ3) is 3.88. The molecule has 0 aliphatic carbocycles. The van der Waals surface area contributed by atoms with E-state index in [1.807, 2.05) is 6.07 Å². The number of hydrogen-bond acceptors (Lipinski definition) is 4. The van der Waals surface area contributed by atoms with E-state index < -0.39 is 11.7 Å². The fourth-order valence-corrected chi connectivity index (χ4v) is 3.34. The van der Waals surface area contributed by atoms with Gasteiger partial charge in [0, 0.05) is 56.6 Å². The van der Waals surface area contributed by atoms with E-state index in [2.05, 4.69) is 21.7 Å². The van der Waals surface area contributed by atoms with Gasteiger partial charge in [0.05, 0.1) is 17.7 Å². The topological polar surface area (TPSA) is 28.6 Å². The molecule has 1 aliphatic rings. The smallest absolute Gasteiger partial charge is 0.383 e. The van der Waals surface area contributed by atoms with E-state index >= 15 is 0 Å². The number of hydrogen-bond donors (Lipinski definition) is 0. The molecule has 4 nitrogen and oxygen atoms in total. The van der Waals surface area contributed by atoms with Gasteiger partial charge in [-0.15, -0.1) is 0 Å². The highest BCUT2D eigenvalue weighted by Crippen LogP contribution is 2.34. The number of ether oxygens (including phenoxy) is 1. The number of aromatic nitrogens is 1. The minimum absolute atomic E-state index is 0.349. The highest BCUT2D eigenvalue weighted by molar-refractivity contribution is 5.92. The molecular weight excluding hydrogens is 331 g/mol. The van der Waals surface area contributed by atoms with Gasteiger partial charge in [0.1, 0.15) is 0 Å². The standard InChI is InChI=1S/C18H22F3N3O/c1-13-12-24(8-7-23(13)9-10-25-2)17-5-6-22-16-11-14(18(19,20)21)3-4-15(16)17/h3-6,11,13H,7-10,12H2,1-2H3. The van der Waals surface area contributed by atoms with E-state index in [1.165, 1.54) is 6.07 Å². The minimum atomic E-state index is -4.35. The van der Waals surface area contributed by atoms with E-state index in [-0.39, 0.29) is 0 Å². The van der Waals surface area contributed by atoms with Crippen LogP contribution in [0.2, 0.25) is 0 Å². The number of halogens is 3. The molecule has 0 amide bonds. The van der Waals surface area contributed by atoms with Gasteiger partial charge in [-0.1, -0.05) is 6.07 Å². The fourth-order valence-electron chi connectivity index (χ4n) is 3.34. The van der Waals surface area contributed by atoms with Crippen LogP contribution in [0.25, 0.3) is 10.9 Å². The Hall–Kier alpha value is -1.86. The first kappa shape index (κ1) is 17.9. The normalized spacial score (nSPS) is 19.6. The molecule has 1 saturated heterocycles. The van der Waals surface area contributed by atoms with Gasteiger partial charge in [-0.3, -0.25) is 9.88 Å². The number of anilines is 1. The predicted molar refractivity (Wildman–Crippen MR) is 91.9 cm³/mol. The van der Waals surface area contributed by atoms with E-state index in [0.29, 0.717) is 18.2 Å². The Morgan fingerprint density at radius 3 is 2.72 bits per heavy atom. The van der Waals surface area contributed by atoms with Crippen molar-refractivity contribution in [2.75, 3.05) is 44.8 Å². The lowest BCUT2D eigenvalue weighted by molar-refractivity contribution is -0.137. The molecular formula is C18H22F3N3O. The van der Waals surface area contributed by atoms with Crippen LogP contribution >= 0.6 is 0 Å². The number of pyridine rings is 1. The number of alkyl halides is 3. The summed E-state index contributed by atoms with van der Waals surface area (Å²) in [6.07, 6.45) is -2.77. The zero-order valence-electron chi connectivity index (χ0n) is 14.4. The summed E-state index contributed by atoms with van der Waals surface area (Å²) in [6, 6.07) is 6.01. The first-order valence-corrected chi connectivity index (χ1v) is 8.34. The highest BCUT2D eigenvalue weighted by atomic mass is 19.4. The Kier molecular flexibility index (Phi) is 5.15. The van der Waals surface area contributed by atoms with E-state index in [4.69, 9.17) is 4.74 Å². The first-order chi connectivity index (χ1) is 11.9. The van der Waals surface area contributed by atoms with Crippen molar-refractivity contribution in [2.24, 2.45) is 0 Å². The predicted octanol–water partition coefficient (Wildman–Crippen LogP) is 3.41. The summed E-state index contributed by atoms with van der Waals surface area (Å²) < 4.78 is 43.9. The zero-order chi connectivity index (χ0) is 18.0. The van der Waals surface area contributed by atoms with E-state index in [9.17, 15) is 13.2 Å². The molecule has 0 radical (unpaired) electrons. The summed E-state index contributed by atoms with van der Waals surface area (Å²) in [5.74, 6) is 0. The SMILES string of the molecule is COCCN1CCN(c2ccnc3cc(C(F)(F)F)ccc23)CC1C. The van der Waals surface area contributed by atoms with Crippen molar-refractivity contribution < 1.29 is 17.9 Å². The molecule has 1 fully saturated rings. The van der Waals surface area contributed by atoms with Crippen LogP contribution in [0.5, 0.6) is 0 Å². The summed E-state index contributed by atoms with van der Waals surface area (Å²) in [5.41, 5.74) is 0.654. The van der Waals surface area contributed by atoms with Crippen LogP contribution in [0.4, 0.5) is 18.9 Å². The van der Waals surface area contributed by atoms with Crippen LogP contribution in [0, 0.1) is 0 Å². The van der Waals surface area contributed by atoms with Gasteiger partial charge in [-0.05, 0) is 25.1 Å². The highest BCUT2D eigenvalue weighted by Gasteiger charge is 2.31. The number of fused-ring (bicyclic) bond motifs is 1. The number of piperazine rings is 1. The van der Waals surface area contributed by atoms with Crippen LogP contribution in [-0.2, 0) is 10.9 Å². The molecule has 7 heteroatoms. The van der Waals surface area contributed by atoms with E-state index in [0.717, 1.165) is 49.4 Å². The quantitative estimate of drug-likeness (QED) is 0.842. The van der Waals surface area contributed by atoms with Gasteiger partial charge in [0.25, 0.3) is 0 Å². The second kappa shape index (κ2) is 7.17. The van der Waals surface area contributed by atoms with Gasteiger partial charge in [-0.25, -0.2) is 0 Å². The maximum absolute atomic E-state index is 12.9. The summed E-state index contributed by atoms with van der Waals surface area (Å²) >= 11 is 0. The molecule has 136 valence electrons. The van der Waals surface area contributed by atoms with E-state index in [1.54, 1.807) is 13.3 Å². The lowest BCUT2D eigenvalue weighted by atomic mass is 10.1. The van der Waals surface area contributed by atoms with Crippen molar-refractivity contribution in [3.8, 4) is 0 Å². The Morgan fingerprint density at radius 2 is 2.04 bits per heavy atom. The van der Waals surface area contributed by atoms with Gasteiger partial charge in [0.2, 0.25) is 0 Å². The Labute approximate surface area is 145 Å². The first-order valence-electron chi connectivity index (χ1n) is 8.34. The summed E-state index contributed by atoms with van der Waals surface area (Å²) in [7, 11) is 1.69. The molecule has 2 aromatic rings.